The molecule has 2 heterocycles. The number of ketones is 1. The molecule has 4 nitrogen and oxygen atoms in total. The van der Waals surface area contributed by atoms with Crippen molar-refractivity contribution >= 4 is 11.7 Å². The van der Waals surface area contributed by atoms with Gasteiger partial charge in [0, 0.05) is 43.9 Å². The molecule has 0 saturated carbocycles. The fourth-order valence-electron chi connectivity index (χ4n) is 3.26. The molecule has 2 aliphatic rings. The summed E-state index contributed by atoms with van der Waals surface area (Å²) in [7, 11) is 0. The largest absolute Gasteiger partial charge is 0.354 e. The van der Waals surface area contributed by atoms with Crippen LogP contribution in [0.1, 0.15) is 52.4 Å². The molecule has 2 unspecified atom stereocenters. The van der Waals surface area contributed by atoms with E-state index in [0.717, 1.165) is 19.4 Å². The van der Waals surface area contributed by atoms with Crippen molar-refractivity contribution < 1.29 is 9.59 Å². The van der Waals surface area contributed by atoms with Gasteiger partial charge >= 0.3 is 0 Å². The summed E-state index contributed by atoms with van der Waals surface area (Å²) in [6.45, 7) is 4.76. The molecule has 102 valence electrons. The van der Waals surface area contributed by atoms with Gasteiger partial charge in [0.1, 0.15) is 5.78 Å². The van der Waals surface area contributed by atoms with Gasteiger partial charge < -0.3 is 5.32 Å². The average molecular weight is 252 g/mol. The van der Waals surface area contributed by atoms with Crippen LogP contribution >= 0.6 is 0 Å². The number of fused-ring (bicyclic) bond motifs is 2. The smallest absolute Gasteiger partial charge is 0.221 e. The molecule has 0 spiro atoms. The van der Waals surface area contributed by atoms with Gasteiger partial charge in [-0.05, 0) is 26.7 Å². The molecule has 2 fully saturated rings. The Morgan fingerprint density at radius 3 is 2.50 bits per heavy atom. The lowest BCUT2D eigenvalue weighted by Crippen LogP contribution is -2.53. The van der Waals surface area contributed by atoms with E-state index < -0.39 is 0 Å². The molecule has 1 amide bonds. The molecule has 2 atom stereocenters. The molecule has 2 saturated heterocycles. The van der Waals surface area contributed by atoms with Crippen molar-refractivity contribution in [2.75, 3.05) is 6.54 Å². The second kappa shape index (κ2) is 5.83. The van der Waals surface area contributed by atoms with E-state index in [0.29, 0.717) is 37.1 Å². The second-order valence-corrected chi connectivity index (χ2v) is 5.90. The summed E-state index contributed by atoms with van der Waals surface area (Å²) in [5.74, 6) is 0.535. The van der Waals surface area contributed by atoms with Crippen LogP contribution in [0.4, 0.5) is 0 Å². The van der Waals surface area contributed by atoms with Crippen LogP contribution < -0.4 is 5.32 Å². The number of nitrogens with one attached hydrogen (secondary N) is 1. The zero-order valence-electron chi connectivity index (χ0n) is 11.4. The van der Waals surface area contributed by atoms with Crippen LogP contribution in [0, 0.1) is 0 Å². The number of nitrogens with zero attached hydrogens (tertiary/aromatic N) is 1. The number of Topliss-reactive ketones (excluding diaryl/α,β-unsaturated/α-hetero) is 1. The lowest BCUT2D eigenvalue weighted by atomic mass is 9.83. The molecule has 18 heavy (non-hydrogen) atoms. The third kappa shape index (κ3) is 3.31. The zero-order chi connectivity index (χ0) is 13.1. The van der Waals surface area contributed by atoms with Crippen molar-refractivity contribution in [1.29, 1.82) is 0 Å². The Morgan fingerprint density at radius 2 is 1.94 bits per heavy atom. The van der Waals surface area contributed by atoms with Crippen molar-refractivity contribution in [3.8, 4) is 0 Å². The van der Waals surface area contributed by atoms with Crippen LogP contribution in [0.15, 0.2) is 0 Å². The summed E-state index contributed by atoms with van der Waals surface area (Å²) in [6, 6.07) is 1.01. The van der Waals surface area contributed by atoms with E-state index >= 15 is 0 Å². The molecule has 1 N–H and O–H groups in total. The Hall–Kier alpha value is -0.900. The molecule has 0 aromatic carbocycles. The van der Waals surface area contributed by atoms with Gasteiger partial charge in [0.25, 0.3) is 0 Å². The van der Waals surface area contributed by atoms with E-state index in [-0.39, 0.29) is 11.9 Å². The lowest BCUT2D eigenvalue weighted by Gasteiger charge is -2.45. The van der Waals surface area contributed by atoms with Crippen molar-refractivity contribution in [3.05, 3.63) is 0 Å². The number of rotatable bonds is 4. The van der Waals surface area contributed by atoms with Crippen LogP contribution in [-0.4, -0.2) is 41.3 Å². The SMILES string of the molecule is CC(C)NC(=O)CCN1C2CCCC1CC(=O)C2. The highest BCUT2D eigenvalue weighted by atomic mass is 16.1. The Morgan fingerprint density at radius 1 is 1.33 bits per heavy atom. The molecule has 2 aliphatic heterocycles. The van der Waals surface area contributed by atoms with Gasteiger partial charge in [-0.3, -0.25) is 14.5 Å². The zero-order valence-corrected chi connectivity index (χ0v) is 11.4. The Kier molecular flexibility index (Phi) is 4.38. The minimum atomic E-state index is 0.125. The van der Waals surface area contributed by atoms with E-state index in [1.54, 1.807) is 0 Å². The van der Waals surface area contributed by atoms with E-state index in [9.17, 15) is 9.59 Å². The number of carbonyl (C=O) groups excluding carboxylic acids is 2. The molecule has 2 bridgehead atoms. The van der Waals surface area contributed by atoms with Crippen LogP contribution in [0.5, 0.6) is 0 Å². The summed E-state index contributed by atoms with van der Waals surface area (Å²) in [5, 5.41) is 2.92. The highest BCUT2D eigenvalue weighted by molar-refractivity contribution is 5.80. The van der Waals surface area contributed by atoms with Crippen molar-refractivity contribution in [1.82, 2.24) is 10.2 Å². The number of piperidine rings is 2. The quantitative estimate of drug-likeness (QED) is 0.824. The van der Waals surface area contributed by atoms with Gasteiger partial charge in [-0.1, -0.05) is 6.42 Å². The first-order valence-electron chi connectivity index (χ1n) is 7.13. The molecule has 0 radical (unpaired) electrons. The van der Waals surface area contributed by atoms with Gasteiger partial charge in [-0.2, -0.15) is 0 Å². The van der Waals surface area contributed by atoms with Crippen molar-refractivity contribution in [2.45, 2.75) is 70.5 Å². The summed E-state index contributed by atoms with van der Waals surface area (Å²) in [4.78, 5) is 25.7. The predicted octanol–water partition coefficient (Wildman–Crippen LogP) is 1.49. The predicted molar refractivity (Wildman–Crippen MR) is 70.3 cm³/mol. The topological polar surface area (TPSA) is 49.4 Å². The van der Waals surface area contributed by atoms with E-state index in [2.05, 4.69) is 10.2 Å². The monoisotopic (exact) mass is 252 g/mol. The van der Waals surface area contributed by atoms with Crippen molar-refractivity contribution in [2.24, 2.45) is 0 Å². The average Bonchev–Trinajstić information content (AvgIpc) is 2.25. The minimum Gasteiger partial charge on any atom is -0.354 e. The van der Waals surface area contributed by atoms with Crippen LogP contribution in [0.25, 0.3) is 0 Å². The fourth-order valence-corrected chi connectivity index (χ4v) is 3.26. The number of hydrogen-bond acceptors (Lipinski definition) is 3. The fraction of sp³-hybridized carbons (Fsp3) is 0.857. The highest BCUT2D eigenvalue weighted by Crippen LogP contribution is 2.32. The molecule has 4 heteroatoms. The highest BCUT2D eigenvalue weighted by Gasteiger charge is 2.37. The van der Waals surface area contributed by atoms with Crippen LogP contribution in [-0.2, 0) is 9.59 Å². The van der Waals surface area contributed by atoms with Gasteiger partial charge in [0.15, 0.2) is 0 Å². The van der Waals surface area contributed by atoms with Gasteiger partial charge in [-0.25, -0.2) is 0 Å². The molecule has 0 aliphatic carbocycles. The molecule has 0 aromatic heterocycles. The van der Waals surface area contributed by atoms with E-state index in [4.69, 9.17) is 0 Å². The standard InChI is InChI=1S/C14H24N2O2/c1-10(2)15-14(18)6-7-16-11-4-3-5-12(16)9-13(17)8-11/h10-12H,3-9H2,1-2H3,(H,15,18). The second-order valence-electron chi connectivity index (χ2n) is 5.90. The first-order chi connectivity index (χ1) is 8.56. The Labute approximate surface area is 109 Å². The maximum Gasteiger partial charge on any atom is 0.221 e. The summed E-state index contributed by atoms with van der Waals surface area (Å²) >= 11 is 0. The molecular weight excluding hydrogens is 228 g/mol. The maximum atomic E-state index is 11.7. The number of amides is 1. The van der Waals surface area contributed by atoms with Gasteiger partial charge in [0.05, 0.1) is 0 Å². The number of hydrogen-bond donors (Lipinski definition) is 1. The van der Waals surface area contributed by atoms with Crippen molar-refractivity contribution in [3.63, 3.8) is 0 Å². The first-order valence-corrected chi connectivity index (χ1v) is 7.13. The number of carbonyl (C=O) groups is 2. The van der Waals surface area contributed by atoms with Gasteiger partial charge in [0.2, 0.25) is 5.91 Å². The maximum absolute atomic E-state index is 11.7. The van der Waals surface area contributed by atoms with Gasteiger partial charge in [-0.15, -0.1) is 0 Å². The third-order valence-corrected chi connectivity index (χ3v) is 3.99. The van der Waals surface area contributed by atoms with E-state index in [1.165, 1.54) is 6.42 Å². The molecular formula is C14H24N2O2. The van der Waals surface area contributed by atoms with Crippen LogP contribution in [0.3, 0.4) is 0 Å². The summed E-state index contributed by atoms with van der Waals surface area (Å²) < 4.78 is 0. The summed E-state index contributed by atoms with van der Waals surface area (Å²) in [5.41, 5.74) is 0. The normalized spacial score (nSPS) is 28.5. The Bertz CT molecular complexity index is 312. The lowest BCUT2D eigenvalue weighted by molar-refractivity contribution is -0.127. The molecule has 0 aromatic rings. The van der Waals surface area contributed by atoms with E-state index in [1.807, 2.05) is 13.8 Å². The first kappa shape index (κ1) is 13.5. The minimum absolute atomic E-state index is 0.125. The van der Waals surface area contributed by atoms with Crippen LogP contribution in [0.2, 0.25) is 0 Å². The third-order valence-electron chi connectivity index (χ3n) is 3.99. The Balaban J connectivity index is 1.85. The summed E-state index contributed by atoms with van der Waals surface area (Å²) in [6.07, 6.45) is 5.42. The molecule has 2 rings (SSSR count).